The summed E-state index contributed by atoms with van der Waals surface area (Å²) in [7, 11) is 0. The van der Waals surface area contributed by atoms with Crippen LogP contribution in [0.2, 0.25) is 5.02 Å². The summed E-state index contributed by atoms with van der Waals surface area (Å²) in [6.07, 6.45) is 0. The van der Waals surface area contributed by atoms with Crippen LogP contribution in [0.4, 0.5) is 5.69 Å². The molecular weight excluding hydrogens is 388 g/mol. The third-order valence-corrected chi connectivity index (χ3v) is 4.95. The highest BCUT2D eigenvalue weighted by atomic mass is 35.5. The Morgan fingerprint density at radius 3 is 2.69 bits per heavy atom. The number of nitrogens with zero attached hydrogens (tertiary/aromatic N) is 1. The van der Waals surface area contributed by atoms with Crippen LogP contribution in [-0.2, 0) is 0 Å². The molecule has 29 heavy (non-hydrogen) atoms. The fraction of sp³-hybridized carbons (Fsp3) is 0.0435. The van der Waals surface area contributed by atoms with Gasteiger partial charge in [-0.2, -0.15) is 0 Å². The van der Waals surface area contributed by atoms with Crippen molar-refractivity contribution in [2.45, 2.75) is 0 Å². The van der Waals surface area contributed by atoms with E-state index >= 15 is 0 Å². The summed E-state index contributed by atoms with van der Waals surface area (Å²) in [5.41, 5.74) is 3.42. The van der Waals surface area contributed by atoms with E-state index in [0.29, 0.717) is 33.5 Å². The van der Waals surface area contributed by atoms with Crippen LogP contribution >= 0.6 is 11.6 Å². The molecule has 0 spiro atoms. The van der Waals surface area contributed by atoms with E-state index in [4.69, 9.17) is 26.1 Å². The molecule has 0 saturated heterocycles. The second kappa shape index (κ2) is 7.11. The number of amides is 1. The van der Waals surface area contributed by atoms with Crippen molar-refractivity contribution in [1.82, 2.24) is 4.98 Å². The Kier molecular flexibility index (Phi) is 4.30. The SMILES string of the molecule is O=C(Nc1cccc(Cl)c1)c1cc(-c2ccc3c(c2)OCO3)nc2ccccc12. The Labute approximate surface area is 171 Å². The number of aromatic nitrogens is 1. The molecule has 0 saturated carbocycles. The third-order valence-electron chi connectivity index (χ3n) is 4.71. The Morgan fingerprint density at radius 2 is 1.79 bits per heavy atom. The molecule has 1 aliphatic heterocycles. The molecule has 1 amide bonds. The molecule has 5 nitrogen and oxygen atoms in total. The number of hydrogen-bond acceptors (Lipinski definition) is 4. The first-order valence-electron chi connectivity index (χ1n) is 9.04. The number of para-hydroxylation sites is 1. The van der Waals surface area contributed by atoms with E-state index in [2.05, 4.69) is 5.32 Å². The summed E-state index contributed by atoms with van der Waals surface area (Å²) in [6, 6.07) is 22.0. The molecule has 3 aromatic carbocycles. The second-order valence-electron chi connectivity index (χ2n) is 6.60. The van der Waals surface area contributed by atoms with Gasteiger partial charge in [-0.15, -0.1) is 0 Å². The molecule has 1 aliphatic rings. The Bertz CT molecular complexity index is 1260. The number of hydrogen-bond donors (Lipinski definition) is 1. The van der Waals surface area contributed by atoms with Crippen molar-refractivity contribution < 1.29 is 14.3 Å². The second-order valence-corrected chi connectivity index (χ2v) is 7.04. The monoisotopic (exact) mass is 402 g/mol. The molecule has 0 unspecified atom stereocenters. The minimum atomic E-state index is -0.229. The molecule has 2 heterocycles. The maximum Gasteiger partial charge on any atom is 0.256 e. The van der Waals surface area contributed by atoms with Crippen molar-refractivity contribution in [2.75, 3.05) is 12.1 Å². The quantitative estimate of drug-likeness (QED) is 0.489. The molecule has 0 atom stereocenters. The molecule has 0 fully saturated rings. The molecule has 0 radical (unpaired) electrons. The van der Waals surface area contributed by atoms with Gasteiger partial charge in [-0.1, -0.05) is 35.9 Å². The van der Waals surface area contributed by atoms with Crippen LogP contribution in [0.3, 0.4) is 0 Å². The molecular formula is C23H15ClN2O3. The first-order valence-corrected chi connectivity index (χ1v) is 9.42. The van der Waals surface area contributed by atoms with E-state index in [1.807, 2.05) is 42.5 Å². The van der Waals surface area contributed by atoms with E-state index < -0.39 is 0 Å². The average molecular weight is 403 g/mol. The minimum Gasteiger partial charge on any atom is -0.454 e. The number of halogens is 1. The van der Waals surface area contributed by atoms with Gasteiger partial charge < -0.3 is 14.8 Å². The molecule has 1 aromatic heterocycles. The number of nitrogens with one attached hydrogen (secondary N) is 1. The minimum absolute atomic E-state index is 0.206. The highest BCUT2D eigenvalue weighted by Crippen LogP contribution is 2.36. The predicted molar refractivity (Wildman–Crippen MR) is 113 cm³/mol. The largest absolute Gasteiger partial charge is 0.454 e. The summed E-state index contributed by atoms with van der Waals surface area (Å²) in [5.74, 6) is 1.14. The zero-order chi connectivity index (χ0) is 19.8. The fourth-order valence-electron chi connectivity index (χ4n) is 3.33. The third kappa shape index (κ3) is 3.37. The molecule has 6 heteroatoms. The lowest BCUT2D eigenvalue weighted by molar-refractivity contribution is 0.102. The van der Waals surface area contributed by atoms with Gasteiger partial charge >= 0.3 is 0 Å². The standard InChI is InChI=1S/C23H15ClN2O3/c24-15-4-3-5-16(11-15)25-23(27)18-12-20(26-19-7-2-1-6-17(18)19)14-8-9-21-22(10-14)29-13-28-21/h1-12H,13H2,(H,25,27). The van der Waals surface area contributed by atoms with Crippen molar-refractivity contribution in [3.63, 3.8) is 0 Å². The summed E-state index contributed by atoms with van der Waals surface area (Å²) in [4.78, 5) is 17.8. The summed E-state index contributed by atoms with van der Waals surface area (Å²) in [5, 5.41) is 4.25. The van der Waals surface area contributed by atoms with Crippen LogP contribution in [0.5, 0.6) is 11.5 Å². The van der Waals surface area contributed by atoms with E-state index in [1.165, 1.54) is 0 Å². The van der Waals surface area contributed by atoms with Gasteiger partial charge in [0.25, 0.3) is 5.91 Å². The molecule has 5 rings (SSSR count). The smallest absolute Gasteiger partial charge is 0.256 e. The van der Waals surface area contributed by atoms with Crippen LogP contribution in [0.1, 0.15) is 10.4 Å². The first-order chi connectivity index (χ1) is 14.2. The van der Waals surface area contributed by atoms with Crippen LogP contribution in [0.15, 0.2) is 72.8 Å². The lowest BCUT2D eigenvalue weighted by atomic mass is 10.0. The molecule has 0 aliphatic carbocycles. The first kappa shape index (κ1) is 17.5. The topological polar surface area (TPSA) is 60.5 Å². The van der Waals surface area contributed by atoms with Gasteiger partial charge in [0, 0.05) is 21.7 Å². The van der Waals surface area contributed by atoms with Gasteiger partial charge in [-0.3, -0.25) is 4.79 Å². The van der Waals surface area contributed by atoms with Crippen LogP contribution in [0.25, 0.3) is 22.2 Å². The van der Waals surface area contributed by atoms with Crippen LogP contribution in [-0.4, -0.2) is 17.7 Å². The number of ether oxygens (including phenoxy) is 2. The van der Waals surface area contributed by atoms with E-state index in [-0.39, 0.29) is 12.7 Å². The van der Waals surface area contributed by atoms with Crippen molar-refractivity contribution >= 4 is 34.1 Å². The maximum absolute atomic E-state index is 13.1. The lowest BCUT2D eigenvalue weighted by Crippen LogP contribution is -2.13. The predicted octanol–water partition coefficient (Wildman–Crippen LogP) is 5.54. The Hall–Kier alpha value is -3.57. The summed E-state index contributed by atoms with van der Waals surface area (Å²) in [6.45, 7) is 0.206. The maximum atomic E-state index is 13.1. The highest BCUT2D eigenvalue weighted by molar-refractivity contribution is 6.31. The van der Waals surface area contributed by atoms with Gasteiger partial charge in [-0.25, -0.2) is 4.98 Å². The number of carbonyl (C=O) groups excluding carboxylic acids is 1. The zero-order valence-corrected chi connectivity index (χ0v) is 15.9. The molecule has 4 aromatic rings. The number of anilines is 1. The molecule has 0 bridgehead atoms. The average Bonchev–Trinajstić information content (AvgIpc) is 3.21. The van der Waals surface area contributed by atoms with E-state index in [9.17, 15) is 4.79 Å². The Morgan fingerprint density at radius 1 is 0.931 bits per heavy atom. The number of benzene rings is 3. The van der Waals surface area contributed by atoms with Crippen LogP contribution < -0.4 is 14.8 Å². The normalized spacial score (nSPS) is 12.2. The van der Waals surface area contributed by atoms with Gasteiger partial charge in [0.2, 0.25) is 6.79 Å². The van der Waals surface area contributed by atoms with Gasteiger partial charge in [0.05, 0.1) is 16.8 Å². The van der Waals surface area contributed by atoms with Crippen LogP contribution in [0, 0.1) is 0 Å². The van der Waals surface area contributed by atoms with Crippen molar-refractivity contribution in [3.05, 3.63) is 83.4 Å². The number of pyridine rings is 1. The van der Waals surface area contributed by atoms with Crippen molar-refractivity contribution in [3.8, 4) is 22.8 Å². The lowest BCUT2D eigenvalue weighted by Gasteiger charge is -2.11. The number of carbonyl (C=O) groups is 1. The number of fused-ring (bicyclic) bond motifs is 2. The molecule has 142 valence electrons. The van der Waals surface area contributed by atoms with E-state index in [0.717, 1.165) is 16.5 Å². The van der Waals surface area contributed by atoms with Crippen molar-refractivity contribution in [1.29, 1.82) is 0 Å². The van der Waals surface area contributed by atoms with Gasteiger partial charge in [0.15, 0.2) is 11.5 Å². The van der Waals surface area contributed by atoms with Crippen molar-refractivity contribution in [2.24, 2.45) is 0 Å². The van der Waals surface area contributed by atoms with Gasteiger partial charge in [-0.05, 0) is 48.5 Å². The summed E-state index contributed by atoms with van der Waals surface area (Å²) < 4.78 is 10.9. The Balaban J connectivity index is 1.60. The fourth-order valence-corrected chi connectivity index (χ4v) is 3.52. The zero-order valence-electron chi connectivity index (χ0n) is 15.2. The van der Waals surface area contributed by atoms with E-state index in [1.54, 1.807) is 30.3 Å². The molecule has 1 N–H and O–H groups in total. The summed E-state index contributed by atoms with van der Waals surface area (Å²) >= 11 is 6.04. The highest BCUT2D eigenvalue weighted by Gasteiger charge is 2.17. The number of rotatable bonds is 3. The van der Waals surface area contributed by atoms with Gasteiger partial charge in [0.1, 0.15) is 0 Å².